The van der Waals surface area contributed by atoms with Gasteiger partial charge in [-0.1, -0.05) is 131 Å². The lowest BCUT2D eigenvalue weighted by molar-refractivity contribution is 0.420. The van der Waals surface area contributed by atoms with Crippen LogP contribution >= 0.6 is 0 Å². The van der Waals surface area contributed by atoms with Crippen LogP contribution in [0.25, 0.3) is 33.0 Å². The molecule has 1 heteroatoms. The molecule has 0 N–H and O–H groups in total. The summed E-state index contributed by atoms with van der Waals surface area (Å²) in [5.41, 5.74) is 14.8. The molecule has 0 saturated heterocycles. The van der Waals surface area contributed by atoms with Gasteiger partial charge in [-0.3, -0.25) is 0 Å². The lowest BCUT2D eigenvalue weighted by atomic mass is 9.81. The molecule has 0 aromatic heterocycles. The molecule has 3 aliphatic rings. The monoisotopic (exact) mass is 623 g/mol. The molecule has 1 nitrogen and oxygen atoms in total. The SMILES string of the molecule is CC(C)c1ccccc1-c1cc2ccccc2cc1N(c1ccc2c(c1)C(C)(C)c1ccccc1-2)c1ccccc1C1CC2CCC1C2. The number of para-hydroxylation sites is 1. The van der Waals surface area contributed by atoms with Crippen molar-refractivity contribution in [2.24, 2.45) is 11.8 Å². The third kappa shape index (κ3) is 4.58. The van der Waals surface area contributed by atoms with Gasteiger partial charge in [0.2, 0.25) is 0 Å². The zero-order valence-electron chi connectivity index (χ0n) is 28.7. The third-order valence-corrected chi connectivity index (χ3v) is 12.1. The predicted octanol–water partition coefficient (Wildman–Crippen LogP) is 13.3. The molecular formula is C47H45N. The minimum absolute atomic E-state index is 0.0752. The molecule has 3 atom stereocenters. The number of nitrogens with zero attached hydrogens (tertiary/aromatic N) is 1. The number of hydrogen-bond donors (Lipinski definition) is 0. The second-order valence-corrected chi connectivity index (χ2v) is 15.5. The Morgan fingerprint density at radius 1 is 0.583 bits per heavy atom. The summed E-state index contributed by atoms with van der Waals surface area (Å²) in [6, 6.07) is 48.6. The van der Waals surface area contributed by atoms with E-state index in [-0.39, 0.29) is 5.41 Å². The molecule has 3 aliphatic carbocycles. The van der Waals surface area contributed by atoms with Gasteiger partial charge in [-0.2, -0.15) is 0 Å². The molecule has 0 spiro atoms. The Morgan fingerprint density at radius 3 is 2.04 bits per heavy atom. The zero-order valence-corrected chi connectivity index (χ0v) is 28.7. The van der Waals surface area contributed by atoms with Crippen LogP contribution in [0.15, 0.2) is 127 Å². The normalized spacial score (nSPS) is 20.3. The zero-order chi connectivity index (χ0) is 32.6. The lowest BCUT2D eigenvalue weighted by Crippen LogP contribution is -2.19. The van der Waals surface area contributed by atoms with E-state index in [1.54, 1.807) is 0 Å². The van der Waals surface area contributed by atoms with Crippen molar-refractivity contribution in [3.63, 3.8) is 0 Å². The van der Waals surface area contributed by atoms with Gasteiger partial charge < -0.3 is 4.90 Å². The minimum Gasteiger partial charge on any atom is -0.310 e. The predicted molar refractivity (Wildman–Crippen MR) is 204 cm³/mol. The topological polar surface area (TPSA) is 3.24 Å². The summed E-state index contributed by atoms with van der Waals surface area (Å²) in [5, 5.41) is 2.55. The average molecular weight is 624 g/mol. The van der Waals surface area contributed by atoms with Crippen molar-refractivity contribution in [1.82, 2.24) is 0 Å². The van der Waals surface area contributed by atoms with Crippen molar-refractivity contribution < 1.29 is 0 Å². The van der Waals surface area contributed by atoms with E-state index < -0.39 is 0 Å². The van der Waals surface area contributed by atoms with Gasteiger partial charge in [-0.25, -0.2) is 0 Å². The maximum atomic E-state index is 2.64. The fourth-order valence-electron chi connectivity index (χ4n) is 9.74. The van der Waals surface area contributed by atoms with Gasteiger partial charge in [0.1, 0.15) is 0 Å². The summed E-state index contributed by atoms with van der Waals surface area (Å²) in [4.78, 5) is 2.64. The number of hydrogen-bond acceptors (Lipinski definition) is 1. The van der Waals surface area contributed by atoms with Crippen LogP contribution < -0.4 is 4.90 Å². The Kier molecular flexibility index (Phi) is 6.91. The Hall–Kier alpha value is -4.62. The Labute approximate surface area is 286 Å². The molecule has 6 aromatic carbocycles. The molecule has 2 fully saturated rings. The van der Waals surface area contributed by atoms with Gasteiger partial charge in [0.25, 0.3) is 0 Å². The molecule has 0 aliphatic heterocycles. The highest BCUT2D eigenvalue weighted by Gasteiger charge is 2.42. The van der Waals surface area contributed by atoms with Crippen LogP contribution in [0.5, 0.6) is 0 Å². The summed E-state index contributed by atoms with van der Waals surface area (Å²) in [6.07, 6.45) is 5.50. The fourth-order valence-corrected chi connectivity index (χ4v) is 9.74. The van der Waals surface area contributed by atoms with E-state index in [2.05, 4.69) is 160 Å². The van der Waals surface area contributed by atoms with E-state index in [1.165, 1.54) is 98.0 Å². The number of benzene rings is 6. The summed E-state index contributed by atoms with van der Waals surface area (Å²) in [5.74, 6) is 2.71. The lowest BCUT2D eigenvalue weighted by Gasteiger charge is -2.34. The summed E-state index contributed by atoms with van der Waals surface area (Å²) < 4.78 is 0. The van der Waals surface area contributed by atoms with Crippen LogP contribution in [-0.4, -0.2) is 0 Å². The molecule has 2 bridgehead atoms. The van der Waals surface area contributed by atoms with Crippen molar-refractivity contribution in [3.05, 3.63) is 150 Å². The van der Waals surface area contributed by atoms with E-state index in [9.17, 15) is 0 Å². The minimum atomic E-state index is -0.0752. The van der Waals surface area contributed by atoms with Crippen LogP contribution in [0.4, 0.5) is 17.1 Å². The second-order valence-electron chi connectivity index (χ2n) is 15.5. The van der Waals surface area contributed by atoms with Gasteiger partial charge in [0.15, 0.2) is 0 Å². The molecule has 2 saturated carbocycles. The summed E-state index contributed by atoms with van der Waals surface area (Å²) in [7, 11) is 0. The smallest absolute Gasteiger partial charge is 0.0546 e. The van der Waals surface area contributed by atoms with Crippen LogP contribution in [0.3, 0.4) is 0 Å². The van der Waals surface area contributed by atoms with Crippen LogP contribution in [0, 0.1) is 11.8 Å². The van der Waals surface area contributed by atoms with Crippen LogP contribution in [-0.2, 0) is 5.41 Å². The third-order valence-electron chi connectivity index (χ3n) is 12.1. The molecule has 48 heavy (non-hydrogen) atoms. The largest absolute Gasteiger partial charge is 0.310 e. The van der Waals surface area contributed by atoms with E-state index in [0.717, 1.165) is 11.8 Å². The molecular weight excluding hydrogens is 579 g/mol. The van der Waals surface area contributed by atoms with Crippen molar-refractivity contribution in [2.75, 3.05) is 4.90 Å². The van der Waals surface area contributed by atoms with Gasteiger partial charge >= 0.3 is 0 Å². The highest BCUT2D eigenvalue weighted by Crippen LogP contribution is 2.57. The Balaban J connectivity index is 1.33. The van der Waals surface area contributed by atoms with E-state index in [4.69, 9.17) is 0 Å². The molecule has 0 amide bonds. The van der Waals surface area contributed by atoms with Crippen molar-refractivity contribution in [1.29, 1.82) is 0 Å². The molecule has 6 aromatic rings. The highest BCUT2D eigenvalue weighted by atomic mass is 15.1. The number of rotatable bonds is 6. The molecule has 0 heterocycles. The summed E-state index contributed by atoms with van der Waals surface area (Å²) >= 11 is 0. The first-order chi connectivity index (χ1) is 23.4. The molecule has 9 rings (SSSR count). The Bertz CT molecular complexity index is 2180. The van der Waals surface area contributed by atoms with E-state index >= 15 is 0 Å². The second kappa shape index (κ2) is 11.2. The van der Waals surface area contributed by atoms with Gasteiger partial charge in [0.05, 0.1) is 5.69 Å². The van der Waals surface area contributed by atoms with E-state index in [1.807, 2.05) is 0 Å². The first-order valence-electron chi connectivity index (χ1n) is 18.1. The quantitative estimate of drug-likeness (QED) is 0.178. The Morgan fingerprint density at radius 2 is 1.27 bits per heavy atom. The van der Waals surface area contributed by atoms with Gasteiger partial charge in [-0.15, -0.1) is 0 Å². The maximum absolute atomic E-state index is 2.64. The van der Waals surface area contributed by atoms with Crippen LogP contribution in [0.2, 0.25) is 0 Å². The number of fused-ring (bicyclic) bond motifs is 6. The van der Waals surface area contributed by atoms with Gasteiger partial charge in [-0.05, 0) is 123 Å². The van der Waals surface area contributed by atoms with Crippen molar-refractivity contribution in [3.8, 4) is 22.3 Å². The standard InChI is InChI=1S/C47H45N/c1-30(2)36-15-7-8-16-37(36)42-27-32-13-5-6-14-33(32)28-46(42)48(45-20-12-10-18-40(45)41-26-31-21-22-34(41)25-31)35-23-24-39-38-17-9-11-19-43(38)47(3,4)44(39)29-35/h5-20,23-24,27-31,34,41H,21-22,25-26H2,1-4H3. The highest BCUT2D eigenvalue weighted by molar-refractivity contribution is 5.99. The van der Waals surface area contributed by atoms with Crippen molar-refractivity contribution in [2.45, 2.75) is 70.6 Å². The fraction of sp³-hybridized carbons (Fsp3) is 0.277. The first-order valence-corrected chi connectivity index (χ1v) is 18.1. The van der Waals surface area contributed by atoms with E-state index in [0.29, 0.717) is 11.8 Å². The maximum Gasteiger partial charge on any atom is 0.0546 e. The van der Waals surface area contributed by atoms with Crippen LogP contribution in [0.1, 0.15) is 87.5 Å². The molecule has 0 radical (unpaired) electrons. The summed E-state index contributed by atoms with van der Waals surface area (Å²) in [6.45, 7) is 9.44. The van der Waals surface area contributed by atoms with Crippen molar-refractivity contribution >= 4 is 27.8 Å². The average Bonchev–Trinajstić information content (AvgIpc) is 3.81. The molecule has 238 valence electrons. The number of anilines is 3. The van der Waals surface area contributed by atoms with Gasteiger partial charge in [0, 0.05) is 22.4 Å². The molecule has 3 unspecified atom stereocenters. The first kappa shape index (κ1) is 29.5.